The zero-order valence-electron chi connectivity index (χ0n) is 10.9. The molecule has 1 nitrogen and oxygen atoms in total. The van der Waals surface area contributed by atoms with Crippen LogP contribution in [0.2, 0.25) is 5.02 Å². The number of rotatable bonds is 3. The molecule has 0 aliphatic heterocycles. The van der Waals surface area contributed by atoms with Crippen molar-refractivity contribution < 1.29 is 4.39 Å². The van der Waals surface area contributed by atoms with Crippen molar-refractivity contribution in [2.75, 3.05) is 7.05 Å². The number of hydrogen-bond donors (Lipinski definition) is 1. The second-order valence-corrected chi connectivity index (χ2v) is 5.89. The number of hydrogen-bond acceptors (Lipinski definition) is 2. The minimum absolute atomic E-state index is 0.0343. The van der Waals surface area contributed by atoms with Crippen LogP contribution < -0.4 is 5.32 Å². The molecule has 0 fully saturated rings. The zero-order chi connectivity index (χ0) is 14.1. The average Bonchev–Trinajstić information content (AvgIpc) is 2.89. The summed E-state index contributed by atoms with van der Waals surface area (Å²) >= 11 is 7.84. The molecule has 0 amide bonds. The predicted molar refractivity (Wildman–Crippen MR) is 84.1 cm³/mol. The second kappa shape index (κ2) is 5.52. The van der Waals surface area contributed by atoms with Gasteiger partial charge in [0.2, 0.25) is 0 Å². The molecule has 20 heavy (non-hydrogen) atoms. The lowest BCUT2D eigenvalue weighted by Crippen LogP contribution is -2.17. The maximum absolute atomic E-state index is 13.9. The van der Waals surface area contributed by atoms with Crippen molar-refractivity contribution in [2.45, 2.75) is 6.04 Å². The van der Waals surface area contributed by atoms with E-state index in [1.807, 2.05) is 42.8 Å². The lowest BCUT2D eigenvalue weighted by molar-refractivity contribution is 0.637. The van der Waals surface area contributed by atoms with Crippen LogP contribution in [0.1, 0.15) is 16.5 Å². The summed E-state index contributed by atoms with van der Waals surface area (Å²) in [5, 5.41) is 7.53. The van der Waals surface area contributed by atoms with E-state index in [1.165, 1.54) is 6.07 Å². The van der Waals surface area contributed by atoms with E-state index in [-0.39, 0.29) is 11.9 Å². The summed E-state index contributed by atoms with van der Waals surface area (Å²) in [6.45, 7) is 0. The van der Waals surface area contributed by atoms with Crippen LogP contribution in [0.15, 0.2) is 47.8 Å². The van der Waals surface area contributed by atoms with Crippen LogP contribution >= 0.6 is 22.9 Å². The van der Waals surface area contributed by atoms with Crippen molar-refractivity contribution in [2.24, 2.45) is 0 Å². The summed E-state index contributed by atoms with van der Waals surface area (Å²) in [6.07, 6.45) is 0. The minimum Gasteiger partial charge on any atom is -0.309 e. The predicted octanol–water partition coefficient (Wildman–Crippen LogP) is 5.00. The first-order valence-electron chi connectivity index (χ1n) is 6.29. The summed E-state index contributed by atoms with van der Waals surface area (Å²) in [4.78, 5) is 1.05. The normalized spacial score (nSPS) is 12.8. The van der Waals surface area contributed by atoms with Gasteiger partial charge in [-0.05, 0) is 35.5 Å². The van der Waals surface area contributed by atoms with Crippen LogP contribution in [0.25, 0.3) is 10.8 Å². The van der Waals surface area contributed by atoms with Crippen LogP contribution in [-0.2, 0) is 0 Å². The molecule has 102 valence electrons. The first-order chi connectivity index (χ1) is 9.72. The van der Waals surface area contributed by atoms with E-state index < -0.39 is 0 Å². The Bertz CT molecular complexity index is 753. The molecule has 0 saturated heterocycles. The molecule has 2 aromatic carbocycles. The van der Waals surface area contributed by atoms with E-state index in [0.717, 1.165) is 20.8 Å². The Hall–Kier alpha value is -1.42. The molecule has 1 unspecified atom stereocenters. The second-order valence-electron chi connectivity index (χ2n) is 4.54. The van der Waals surface area contributed by atoms with E-state index in [4.69, 9.17) is 11.6 Å². The maximum atomic E-state index is 13.9. The standard InChI is InChI=1S/C16H13ClFNS/c1-19-15(16-13(17)8-9-20-16)12-6-7-14(18)11-5-3-2-4-10(11)12/h2-9,15,19H,1H3. The molecule has 1 atom stereocenters. The molecule has 0 bridgehead atoms. The topological polar surface area (TPSA) is 12.0 Å². The number of nitrogens with one attached hydrogen (secondary N) is 1. The third-order valence-corrected chi connectivity index (χ3v) is 4.83. The van der Waals surface area contributed by atoms with Gasteiger partial charge in [-0.25, -0.2) is 4.39 Å². The molecule has 4 heteroatoms. The van der Waals surface area contributed by atoms with Gasteiger partial charge in [0.25, 0.3) is 0 Å². The summed E-state index contributed by atoms with van der Waals surface area (Å²) in [5.74, 6) is -0.198. The Morgan fingerprint density at radius 2 is 1.85 bits per heavy atom. The highest BCUT2D eigenvalue weighted by Gasteiger charge is 2.19. The summed E-state index contributed by atoms with van der Waals surface area (Å²) in [6, 6.07) is 12.7. The fraction of sp³-hybridized carbons (Fsp3) is 0.125. The van der Waals surface area contributed by atoms with Crippen molar-refractivity contribution in [1.29, 1.82) is 0 Å². The molecular formula is C16H13ClFNS. The van der Waals surface area contributed by atoms with E-state index in [9.17, 15) is 4.39 Å². The Morgan fingerprint density at radius 1 is 1.10 bits per heavy atom. The van der Waals surface area contributed by atoms with Gasteiger partial charge in [0.05, 0.1) is 11.1 Å². The zero-order valence-corrected chi connectivity index (χ0v) is 12.4. The van der Waals surface area contributed by atoms with Gasteiger partial charge < -0.3 is 5.32 Å². The fourth-order valence-corrected chi connectivity index (χ4v) is 3.77. The quantitative estimate of drug-likeness (QED) is 0.718. The molecule has 0 aliphatic rings. The van der Waals surface area contributed by atoms with Crippen LogP contribution in [-0.4, -0.2) is 7.05 Å². The first kappa shape index (κ1) is 13.6. The lowest BCUT2D eigenvalue weighted by atomic mass is 9.97. The van der Waals surface area contributed by atoms with Crippen LogP contribution in [0.4, 0.5) is 4.39 Å². The van der Waals surface area contributed by atoms with Crippen LogP contribution in [0.5, 0.6) is 0 Å². The molecule has 0 spiro atoms. The highest BCUT2D eigenvalue weighted by molar-refractivity contribution is 7.10. The van der Waals surface area contributed by atoms with Crippen LogP contribution in [0, 0.1) is 5.82 Å². The minimum atomic E-state index is -0.198. The molecule has 1 heterocycles. The molecule has 1 aromatic heterocycles. The van der Waals surface area contributed by atoms with Crippen molar-refractivity contribution >= 4 is 33.7 Å². The molecule has 3 rings (SSSR count). The number of benzene rings is 2. The molecule has 0 aliphatic carbocycles. The van der Waals surface area contributed by atoms with E-state index in [2.05, 4.69) is 5.32 Å². The van der Waals surface area contributed by atoms with Gasteiger partial charge in [0.1, 0.15) is 5.82 Å². The van der Waals surface area contributed by atoms with Crippen molar-refractivity contribution in [3.05, 3.63) is 69.1 Å². The summed E-state index contributed by atoms with van der Waals surface area (Å²) in [5.41, 5.74) is 1.04. The van der Waals surface area contributed by atoms with E-state index in [1.54, 1.807) is 17.4 Å². The van der Waals surface area contributed by atoms with Gasteiger partial charge in [-0.2, -0.15) is 0 Å². The fourth-order valence-electron chi connectivity index (χ4n) is 2.48. The third kappa shape index (κ3) is 2.22. The number of fused-ring (bicyclic) bond motifs is 1. The maximum Gasteiger partial charge on any atom is 0.131 e. The van der Waals surface area contributed by atoms with Crippen LogP contribution in [0.3, 0.4) is 0 Å². The Balaban J connectivity index is 2.23. The third-order valence-electron chi connectivity index (χ3n) is 3.41. The van der Waals surface area contributed by atoms with Gasteiger partial charge >= 0.3 is 0 Å². The highest BCUT2D eigenvalue weighted by atomic mass is 35.5. The van der Waals surface area contributed by atoms with E-state index in [0.29, 0.717) is 5.39 Å². The Labute approximate surface area is 126 Å². The first-order valence-corrected chi connectivity index (χ1v) is 7.55. The smallest absolute Gasteiger partial charge is 0.131 e. The Kier molecular flexibility index (Phi) is 3.74. The molecular weight excluding hydrogens is 293 g/mol. The molecule has 3 aromatic rings. The van der Waals surface area contributed by atoms with Crippen molar-refractivity contribution in [1.82, 2.24) is 5.32 Å². The number of halogens is 2. The number of thiophene rings is 1. The SMILES string of the molecule is CNC(c1sccc1Cl)c1ccc(F)c2ccccc12. The Morgan fingerprint density at radius 3 is 2.50 bits per heavy atom. The van der Waals surface area contributed by atoms with Crippen molar-refractivity contribution in [3.63, 3.8) is 0 Å². The monoisotopic (exact) mass is 305 g/mol. The van der Waals surface area contributed by atoms with Crippen molar-refractivity contribution in [3.8, 4) is 0 Å². The van der Waals surface area contributed by atoms with E-state index >= 15 is 0 Å². The van der Waals surface area contributed by atoms with Gasteiger partial charge in [0.15, 0.2) is 0 Å². The lowest BCUT2D eigenvalue weighted by Gasteiger charge is -2.18. The molecule has 1 N–H and O–H groups in total. The summed E-state index contributed by atoms with van der Waals surface area (Å²) in [7, 11) is 1.89. The van der Waals surface area contributed by atoms with Gasteiger partial charge in [-0.15, -0.1) is 11.3 Å². The van der Waals surface area contributed by atoms with Gasteiger partial charge in [-0.1, -0.05) is 41.9 Å². The average molecular weight is 306 g/mol. The molecule has 0 saturated carbocycles. The van der Waals surface area contributed by atoms with Gasteiger partial charge in [-0.3, -0.25) is 0 Å². The highest BCUT2D eigenvalue weighted by Crippen LogP contribution is 2.36. The molecule has 0 radical (unpaired) electrons. The largest absolute Gasteiger partial charge is 0.309 e. The summed E-state index contributed by atoms with van der Waals surface area (Å²) < 4.78 is 13.9. The van der Waals surface area contributed by atoms with Gasteiger partial charge in [0, 0.05) is 10.3 Å².